The van der Waals surface area contributed by atoms with E-state index in [0.29, 0.717) is 18.3 Å². The highest BCUT2D eigenvalue weighted by molar-refractivity contribution is 5.83. The molecule has 1 aliphatic carbocycles. The average molecular weight is 469 g/mol. The normalized spacial score (nSPS) is 23.1. The van der Waals surface area contributed by atoms with Crippen molar-refractivity contribution < 1.29 is 19.7 Å². The molecule has 1 aromatic carbocycles. The Labute approximate surface area is 203 Å². The van der Waals surface area contributed by atoms with Gasteiger partial charge in [-0.2, -0.15) is 0 Å². The molecule has 1 saturated carbocycles. The van der Waals surface area contributed by atoms with Crippen LogP contribution in [0.2, 0.25) is 0 Å². The van der Waals surface area contributed by atoms with Crippen LogP contribution in [0.15, 0.2) is 30.5 Å². The molecule has 0 spiro atoms. The third-order valence-electron chi connectivity index (χ3n) is 8.10. The third-order valence-corrected chi connectivity index (χ3v) is 8.10. The Morgan fingerprint density at radius 3 is 2.74 bits per heavy atom. The molecule has 0 bridgehead atoms. The number of benzene rings is 1. The highest BCUT2D eigenvalue weighted by atomic mass is 16.5. The molecule has 34 heavy (non-hydrogen) atoms. The quantitative estimate of drug-likeness (QED) is 0.483. The molecule has 0 unspecified atom stereocenters. The van der Waals surface area contributed by atoms with Gasteiger partial charge in [0.2, 0.25) is 0 Å². The summed E-state index contributed by atoms with van der Waals surface area (Å²) in [7, 11) is 1.64. The highest BCUT2D eigenvalue weighted by Gasteiger charge is 2.31. The predicted molar refractivity (Wildman–Crippen MR) is 134 cm³/mol. The van der Waals surface area contributed by atoms with Gasteiger partial charge in [-0.25, -0.2) is 0 Å². The van der Waals surface area contributed by atoms with Crippen molar-refractivity contribution in [1.29, 1.82) is 0 Å². The molecule has 1 saturated heterocycles. The van der Waals surface area contributed by atoms with Crippen molar-refractivity contribution in [3.8, 4) is 5.75 Å². The molecule has 186 valence electrons. The summed E-state index contributed by atoms with van der Waals surface area (Å²) in [5.41, 5.74) is 1.74. The van der Waals surface area contributed by atoms with Crippen LogP contribution in [0.3, 0.4) is 0 Å². The van der Waals surface area contributed by atoms with Gasteiger partial charge in [0.25, 0.3) is 0 Å². The van der Waals surface area contributed by atoms with Gasteiger partial charge >= 0.3 is 5.97 Å². The molecule has 2 aliphatic rings. The average Bonchev–Trinajstić information content (AvgIpc) is 2.86. The second-order valence-electron chi connectivity index (χ2n) is 10.4. The van der Waals surface area contributed by atoms with Crippen LogP contribution in [0.1, 0.15) is 75.9 Å². The molecule has 2 heterocycles. The lowest BCUT2D eigenvalue weighted by Crippen LogP contribution is -2.43. The number of pyridine rings is 1. The first-order chi connectivity index (χ1) is 16.5. The zero-order chi connectivity index (χ0) is 23.9. The van der Waals surface area contributed by atoms with Crippen molar-refractivity contribution in [3.05, 3.63) is 36.0 Å². The lowest BCUT2D eigenvalue weighted by Gasteiger charge is -2.41. The maximum Gasteiger partial charge on any atom is 0.303 e. The molecule has 2 aromatic rings. The molecule has 1 aliphatic heterocycles. The molecule has 3 atom stereocenters. The van der Waals surface area contributed by atoms with E-state index in [4.69, 9.17) is 4.74 Å². The van der Waals surface area contributed by atoms with E-state index < -0.39 is 12.1 Å². The summed E-state index contributed by atoms with van der Waals surface area (Å²) in [6.45, 7) is 3.26. The summed E-state index contributed by atoms with van der Waals surface area (Å²) in [5, 5.41) is 21.3. The van der Waals surface area contributed by atoms with Gasteiger partial charge in [0.15, 0.2) is 0 Å². The smallest absolute Gasteiger partial charge is 0.303 e. The maximum atomic E-state index is 11.3. The number of methoxy groups -OCH3 is 1. The van der Waals surface area contributed by atoms with Crippen molar-refractivity contribution >= 4 is 16.9 Å². The fourth-order valence-corrected chi connectivity index (χ4v) is 6.16. The van der Waals surface area contributed by atoms with Gasteiger partial charge < -0.3 is 19.8 Å². The number of ether oxygens (including phenoxy) is 1. The summed E-state index contributed by atoms with van der Waals surface area (Å²) in [4.78, 5) is 18.3. The third kappa shape index (κ3) is 6.48. The van der Waals surface area contributed by atoms with E-state index in [-0.39, 0.29) is 6.42 Å². The van der Waals surface area contributed by atoms with Crippen LogP contribution in [0, 0.1) is 17.8 Å². The first kappa shape index (κ1) is 24.9. The Hall–Kier alpha value is -2.18. The van der Waals surface area contributed by atoms with E-state index in [2.05, 4.69) is 9.88 Å². The molecule has 0 radical (unpaired) electrons. The summed E-state index contributed by atoms with van der Waals surface area (Å²) >= 11 is 0. The summed E-state index contributed by atoms with van der Waals surface area (Å²) < 4.78 is 5.37. The van der Waals surface area contributed by atoms with Crippen molar-refractivity contribution in [2.75, 3.05) is 26.7 Å². The standard InChI is InChI=1S/C28H40N2O4/c1-34-23-9-10-26-25(17-23)24(13-15-29-26)27(31)11-7-21-14-16-30(18-20-5-3-2-4-6-20)19-22(21)8-12-28(32)33/h9-10,13,15,17,20-22,27,31H,2-8,11-12,14,16,18-19H2,1H3,(H,32,33)/t21-,22-,27-/m1/s1. The van der Waals surface area contributed by atoms with Crippen LogP contribution in [0.25, 0.3) is 10.9 Å². The van der Waals surface area contributed by atoms with E-state index in [9.17, 15) is 15.0 Å². The maximum absolute atomic E-state index is 11.3. The van der Waals surface area contributed by atoms with E-state index in [0.717, 1.165) is 60.5 Å². The minimum absolute atomic E-state index is 0.232. The zero-order valence-corrected chi connectivity index (χ0v) is 20.5. The Morgan fingerprint density at radius 2 is 1.97 bits per heavy atom. The van der Waals surface area contributed by atoms with Gasteiger partial charge in [0.1, 0.15) is 5.75 Å². The molecule has 0 amide bonds. The fraction of sp³-hybridized carbons (Fsp3) is 0.643. The van der Waals surface area contributed by atoms with Crippen molar-refractivity contribution in [3.63, 3.8) is 0 Å². The number of carboxylic acid groups (broad SMARTS) is 1. The Balaban J connectivity index is 1.39. The SMILES string of the molecule is COc1ccc2nccc([C@H](O)CC[C@@H]3CCN(CC4CCCCC4)C[C@H]3CCC(=O)O)c2c1. The van der Waals surface area contributed by atoms with E-state index in [1.165, 1.54) is 38.6 Å². The van der Waals surface area contributed by atoms with Crippen molar-refractivity contribution in [1.82, 2.24) is 9.88 Å². The monoisotopic (exact) mass is 468 g/mol. The number of hydrogen-bond donors (Lipinski definition) is 2. The molecule has 4 rings (SSSR count). The van der Waals surface area contributed by atoms with Gasteiger partial charge in [-0.15, -0.1) is 0 Å². The number of carboxylic acids is 1. The largest absolute Gasteiger partial charge is 0.497 e. The number of likely N-dealkylation sites (tertiary alicyclic amines) is 1. The first-order valence-corrected chi connectivity index (χ1v) is 13.1. The Kier molecular flexibility index (Phi) is 8.79. The molecule has 2 fully saturated rings. The van der Waals surface area contributed by atoms with Crippen LogP contribution in [0.5, 0.6) is 5.75 Å². The van der Waals surface area contributed by atoms with Crippen LogP contribution < -0.4 is 4.74 Å². The lowest BCUT2D eigenvalue weighted by molar-refractivity contribution is -0.137. The molecule has 2 N–H and O–H groups in total. The number of piperidine rings is 1. The van der Waals surface area contributed by atoms with Crippen molar-refractivity contribution in [2.45, 2.75) is 70.3 Å². The number of aliphatic hydroxyl groups is 1. The number of nitrogens with zero attached hydrogens (tertiary/aromatic N) is 2. The number of hydrogen-bond acceptors (Lipinski definition) is 5. The summed E-state index contributed by atoms with van der Waals surface area (Å²) in [5.74, 6) is 1.70. The topological polar surface area (TPSA) is 82.9 Å². The number of rotatable bonds is 10. The Morgan fingerprint density at radius 1 is 1.15 bits per heavy atom. The number of aliphatic carboxylic acids is 1. The second kappa shape index (κ2) is 12.0. The van der Waals surface area contributed by atoms with Gasteiger partial charge in [-0.05, 0) is 92.7 Å². The first-order valence-electron chi connectivity index (χ1n) is 13.1. The van der Waals surface area contributed by atoms with E-state index >= 15 is 0 Å². The molecular weight excluding hydrogens is 428 g/mol. The number of carbonyl (C=O) groups is 1. The molecule has 1 aromatic heterocycles. The van der Waals surface area contributed by atoms with Crippen LogP contribution in [-0.2, 0) is 4.79 Å². The van der Waals surface area contributed by atoms with Gasteiger partial charge in [-0.1, -0.05) is 19.3 Å². The van der Waals surface area contributed by atoms with E-state index in [1.54, 1.807) is 13.3 Å². The number of fused-ring (bicyclic) bond motifs is 1. The van der Waals surface area contributed by atoms with Crippen molar-refractivity contribution in [2.24, 2.45) is 17.8 Å². The summed E-state index contributed by atoms with van der Waals surface area (Å²) in [6, 6.07) is 7.66. The number of aromatic nitrogens is 1. The predicted octanol–water partition coefficient (Wildman–Crippen LogP) is 5.44. The van der Waals surface area contributed by atoms with E-state index in [1.807, 2.05) is 24.3 Å². The van der Waals surface area contributed by atoms with Crippen LogP contribution in [-0.4, -0.2) is 52.8 Å². The molecule has 6 nitrogen and oxygen atoms in total. The fourth-order valence-electron chi connectivity index (χ4n) is 6.16. The van der Waals surface area contributed by atoms with Gasteiger partial charge in [0, 0.05) is 31.1 Å². The van der Waals surface area contributed by atoms with Gasteiger partial charge in [-0.3, -0.25) is 9.78 Å². The van der Waals surface area contributed by atoms with Crippen LogP contribution in [0.4, 0.5) is 0 Å². The van der Waals surface area contributed by atoms with Gasteiger partial charge in [0.05, 0.1) is 18.7 Å². The molecule has 6 heteroatoms. The van der Waals surface area contributed by atoms with Crippen LogP contribution >= 0.6 is 0 Å². The zero-order valence-electron chi connectivity index (χ0n) is 20.5. The highest BCUT2D eigenvalue weighted by Crippen LogP contribution is 2.36. The number of aliphatic hydroxyl groups excluding tert-OH is 1. The minimum atomic E-state index is -0.708. The molecular formula is C28H40N2O4. The Bertz CT molecular complexity index is 943. The summed E-state index contributed by atoms with van der Waals surface area (Å²) in [6.07, 6.45) is 11.6. The second-order valence-corrected chi connectivity index (χ2v) is 10.4. The minimum Gasteiger partial charge on any atom is -0.497 e. The lowest BCUT2D eigenvalue weighted by atomic mass is 9.78.